The van der Waals surface area contributed by atoms with Gasteiger partial charge in [0.2, 0.25) is 5.91 Å². The molecule has 2 aromatic carbocycles. The fourth-order valence-electron chi connectivity index (χ4n) is 5.37. The highest BCUT2D eigenvalue weighted by Crippen LogP contribution is 2.41. The number of nitrogens with one attached hydrogen (secondary N) is 2. The van der Waals surface area contributed by atoms with Crippen molar-refractivity contribution < 1.29 is 27.9 Å². The van der Waals surface area contributed by atoms with E-state index in [2.05, 4.69) is 10.6 Å². The number of aliphatic hydroxyl groups is 1. The van der Waals surface area contributed by atoms with Crippen molar-refractivity contribution in [2.75, 3.05) is 26.7 Å². The molecule has 1 fully saturated rings. The van der Waals surface area contributed by atoms with Gasteiger partial charge in [-0.1, -0.05) is 30.3 Å². The van der Waals surface area contributed by atoms with Crippen LogP contribution in [0.25, 0.3) is 11.3 Å². The van der Waals surface area contributed by atoms with Crippen LogP contribution in [0.15, 0.2) is 54.7 Å². The second kappa shape index (κ2) is 12.4. The van der Waals surface area contributed by atoms with Gasteiger partial charge < -0.3 is 25.2 Å². The zero-order chi connectivity index (χ0) is 29.9. The minimum Gasteiger partial charge on any atom is -0.384 e. The van der Waals surface area contributed by atoms with Crippen LogP contribution in [-0.4, -0.2) is 70.3 Å². The molecule has 2 amide bonds. The molecule has 8 nitrogen and oxygen atoms in total. The van der Waals surface area contributed by atoms with Crippen LogP contribution < -0.4 is 10.6 Å². The normalized spacial score (nSPS) is 18.6. The molecule has 4 rings (SSSR count). The first-order valence-electron chi connectivity index (χ1n) is 13.6. The number of benzene rings is 2. The van der Waals surface area contributed by atoms with Crippen LogP contribution >= 0.6 is 0 Å². The van der Waals surface area contributed by atoms with Gasteiger partial charge in [-0.25, -0.2) is 18.2 Å². The molecule has 0 spiro atoms. The van der Waals surface area contributed by atoms with Crippen molar-refractivity contribution in [3.63, 3.8) is 0 Å². The molecule has 4 atom stereocenters. The molecular weight excluding hydrogens is 535 g/mol. The topological polar surface area (TPSA) is 99.5 Å². The van der Waals surface area contributed by atoms with Crippen molar-refractivity contribution in [1.82, 2.24) is 25.1 Å². The van der Waals surface area contributed by atoms with Crippen molar-refractivity contribution in [3.05, 3.63) is 77.8 Å². The lowest BCUT2D eigenvalue weighted by molar-refractivity contribution is -0.149. The minimum absolute atomic E-state index is 0.0909. The highest BCUT2D eigenvalue weighted by molar-refractivity contribution is 5.85. The standard InChI is InChI=1S/C30H36F3N5O3/c1-18(39)28(40)38(16-20-13-35-14-24(20)33)26(30(2,3)29(41)34-4)27-36-25(22-12-21(31)10-11-23(22)32)17-37(27)15-19-8-6-5-7-9-19/h5-12,17-18,20,24,26,35,39H,13-16H2,1-4H3,(H,34,41)/t18-,20-,24-,26-/m0/s1. The molecule has 41 heavy (non-hydrogen) atoms. The zero-order valence-electron chi connectivity index (χ0n) is 23.6. The molecule has 0 aliphatic carbocycles. The smallest absolute Gasteiger partial charge is 0.251 e. The van der Waals surface area contributed by atoms with Gasteiger partial charge in [0, 0.05) is 50.9 Å². The summed E-state index contributed by atoms with van der Waals surface area (Å²) >= 11 is 0. The van der Waals surface area contributed by atoms with Gasteiger partial charge in [-0.15, -0.1) is 0 Å². The fraction of sp³-hybridized carbons (Fsp3) is 0.433. The molecule has 1 aromatic heterocycles. The van der Waals surface area contributed by atoms with Crippen LogP contribution in [0.1, 0.15) is 38.2 Å². The Morgan fingerprint density at radius 2 is 1.90 bits per heavy atom. The molecule has 0 bridgehead atoms. The fourth-order valence-corrected chi connectivity index (χ4v) is 5.37. The van der Waals surface area contributed by atoms with E-state index in [1.807, 2.05) is 30.3 Å². The van der Waals surface area contributed by atoms with E-state index in [4.69, 9.17) is 4.98 Å². The Bertz CT molecular complexity index is 1380. The first-order chi connectivity index (χ1) is 19.4. The van der Waals surface area contributed by atoms with E-state index < -0.39 is 53.1 Å². The van der Waals surface area contributed by atoms with Crippen LogP contribution in [0.3, 0.4) is 0 Å². The van der Waals surface area contributed by atoms with Crippen LogP contribution in [0.5, 0.6) is 0 Å². The Hall–Kier alpha value is -3.70. The van der Waals surface area contributed by atoms with Crippen molar-refractivity contribution >= 4 is 11.8 Å². The number of nitrogens with zero attached hydrogens (tertiary/aromatic N) is 3. The Labute approximate surface area is 237 Å². The summed E-state index contributed by atoms with van der Waals surface area (Å²) in [6.07, 6.45) is -1.15. The van der Waals surface area contributed by atoms with Gasteiger partial charge >= 0.3 is 0 Å². The lowest BCUT2D eigenvalue weighted by atomic mass is 9.80. The molecule has 3 N–H and O–H groups in total. The maximum Gasteiger partial charge on any atom is 0.251 e. The maximum absolute atomic E-state index is 14.9. The number of aromatic nitrogens is 2. The number of imidazole rings is 1. The highest BCUT2D eigenvalue weighted by atomic mass is 19.1. The number of rotatable bonds is 10. The van der Waals surface area contributed by atoms with Crippen molar-refractivity contribution in [1.29, 1.82) is 0 Å². The summed E-state index contributed by atoms with van der Waals surface area (Å²) in [7, 11) is 1.46. The summed E-state index contributed by atoms with van der Waals surface area (Å²) in [5.74, 6) is -2.89. The van der Waals surface area contributed by atoms with Crippen LogP contribution in [0, 0.1) is 23.0 Å². The van der Waals surface area contributed by atoms with E-state index in [0.29, 0.717) is 6.54 Å². The third-order valence-corrected chi connectivity index (χ3v) is 7.59. The molecule has 1 aliphatic rings. The van der Waals surface area contributed by atoms with Gasteiger partial charge in [0.25, 0.3) is 5.91 Å². The molecule has 0 unspecified atom stereocenters. The summed E-state index contributed by atoms with van der Waals surface area (Å²) in [5, 5.41) is 16.0. The van der Waals surface area contributed by atoms with Gasteiger partial charge in [0.05, 0.1) is 11.1 Å². The van der Waals surface area contributed by atoms with Crippen LogP contribution in [-0.2, 0) is 16.1 Å². The van der Waals surface area contributed by atoms with E-state index in [1.165, 1.54) is 18.9 Å². The number of alkyl halides is 1. The Morgan fingerprint density at radius 3 is 2.51 bits per heavy atom. The number of halogens is 3. The zero-order valence-corrected chi connectivity index (χ0v) is 23.6. The van der Waals surface area contributed by atoms with Crippen LogP contribution in [0.2, 0.25) is 0 Å². The molecule has 0 radical (unpaired) electrons. The number of carbonyl (C=O) groups excluding carboxylic acids is 2. The monoisotopic (exact) mass is 571 g/mol. The summed E-state index contributed by atoms with van der Waals surface area (Å²) in [6, 6.07) is 11.2. The van der Waals surface area contributed by atoms with Crippen molar-refractivity contribution in [2.24, 2.45) is 11.3 Å². The summed E-state index contributed by atoms with van der Waals surface area (Å²) in [6.45, 7) is 5.11. The Morgan fingerprint density at radius 1 is 1.20 bits per heavy atom. The third-order valence-electron chi connectivity index (χ3n) is 7.59. The number of carbonyl (C=O) groups is 2. The molecule has 1 saturated heterocycles. The van der Waals surface area contributed by atoms with Gasteiger partial charge in [0.1, 0.15) is 35.8 Å². The Kier molecular flexibility index (Phi) is 9.18. The first kappa shape index (κ1) is 30.3. The van der Waals surface area contributed by atoms with E-state index >= 15 is 0 Å². The Balaban J connectivity index is 1.96. The minimum atomic E-state index is -1.46. The number of hydrogen-bond acceptors (Lipinski definition) is 5. The SMILES string of the molecule is CNC(=O)C(C)(C)[C@H](c1nc(-c2cc(F)ccc2F)cn1Cc1ccccc1)N(C[C@@H]1CNC[C@@H]1F)C(=O)[C@H](C)O. The lowest BCUT2D eigenvalue weighted by Gasteiger charge is -2.42. The molecule has 3 aromatic rings. The second-order valence-corrected chi connectivity index (χ2v) is 11.0. The summed E-state index contributed by atoms with van der Waals surface area (Å²) < 4.78 is 45.6. The first-order valence-corrected chi connectivity index (χ1v) is 13.6. The maximum atomic E-state index is 14.9. The average Bonchev–Trinajstić information content (AvgIpc) is 3.54. The molecule has 220 valence electrons. The van der Waals surface area contributed by atoms with E-state index in [0.717, 1.165) is 23.8 Å². The summed E-state index contributed by atoms with van der Waals surface area (Å²) in [4.78, 5) is 33.0. The predicted octanol–water partition coefficient (Wildman–Crippen LogP) is 3.46. The number of hydrogen-bond donors (Lipinski definition) is 3. The molecule has 2 heterocycles. The molecule has 1 aliphatic heterocycles. The van der Waals surface area contributed by atoms with Crippen molar-refractivity contribution in [2.45, 2.75) is 45.6 Å². The average molecular weight is 572 g/mol. The molecule has 11 heteroatoms. The number of aliphatic hydroxyl groups excluding tert-OH is 1. The van der Waals surface area contributed by atoms with E-state index in [-0.39, 0.29) is 36.7 Å². The van der Waals surface area contributed by atoms with Gasteiger partial charge in [-0.05, 0) is 44.5 Å². The highest BCUT2D eigenvalue weighted by Gasteiger charge is 2.47. The van der Waals surface area contributed by atoms with E-state index in [9.17, 15) is 27.9 Å². The summed E-state index contributed by atoms with van der Waals surface area (Å²) in [5.41, 5.74) is -0.492. The van der Waals surface area contributed by atoms with Gasteiger partial charge in [-0.3, -0.25) is 9.59 Å². The van der Waals surface area contributed by atoms with Crippen molar-refractivity contribution in [3.8, 4) is 11.3 Å². The molecular formula is C30H36F3N5O3. The van der Waals surface area contributed by atoms with E-state index in [1.54, 1.807) is 24.6 Å². The van der Waals surface area contributed by atoms with Crippen LogP contribution in [0.4, 0.5) is 13.2 Å². The lowest BCUT2D eigenvalue weighted by Crippen LogP contribution is -2.53. The number of amides is 2. The third kappa shape index (κ3) is 6.46. The molecule has 0 saturated carbocycles. The predicted molar refractivity (Wildman–Crippen MR) is 148 cm³/mol. The van der Waals surface area contributed by atoms with Gasteiger partial charge in [0.15, 0.2) is 0 Å². The van der Waals surface area contributed by atoms with Gasteiger partial charge in [-0.2, -0.15) is 0 Å². The second-order valence-electron chi connectivity index (χ2n) is 11.0. The quantitative estimate of drug-likeness (QED) is 0.346. The largest absolute Gasteiger partial charge is 0.384 e.